The molecule has 0 saturated carbocycles. The Labute approximate surface area is 214 Å². The van der Waals surface area contributed by atoms with Gasteiger partial charge in [0, 0.05) is 42.9 Å². The average molecular weight is 484 g/mol. The first-order valence-electron chi connectivity index (χ1n) is 13.3. The van der Waals surface area contributed by atoms with Gasteiger partial charge in [-0.25, -0.2) is 14.8 Å². The van der Waals surface area contributed by atoms with Crippen LogP contribution >= 0.6 is 0 Å². The molecule has 0 aliphatic carbocycles. The molecule has 3 aromatic rings. The van der Waals surface area contributed by atoms with Gasteiger partial charge in [0.25, 0.3) is 0 Å². The van der Waals surface area contributed by atoms with Gasteiger partial charge in [-0.15, -0.1) is 0 Å². The molecule has 1 N–H and O–H groups in total. The molecule has 188 valence electrons. The molecule has 2 aliphatic heterocycles. The van der Waals surface area contributed by atoms with Crippen LogP contribution in [0.1, 0.15) is 74.8 Å². The molecule has 0 spiro atoms. The minimum Gasteiger partial charge on any atom is -0.356 e. The van der Waals surface area contributed by atoms with Gasteiger partial charge in [-0.2, -0.15) is 0 Å². The normalized spacial score (nSPS) is 15.5. The van der Waals surface area contributed by atoms with Gasteiger partial charge in [-0.1, -0.05) is 76.2 Å². The number of carbonyl (C=O) groups is 1. The minimum atomic E-state index is -0.0462. The Morgan fingerprint density at radius 1 is 0.861 bits per heavy atom. The summed E-state index contributed by atoms with van der Waals surface area (Å²) in [5.74, 6) is 2.43. The quantitative estimate of drug-likeness (QED) is 0.445. The number of hydrogen-bond donors (Lipinski definition) is 1. The maximum atomic E-state index is 13.6. The zero-order chi connectivity index (χ0) is 25.2. The van der Waals surface area contributed by atoms with Gasteiger partial charge in [0.2, 0.25) is 0 Å². The van der Waals surface area contributed by atoms with Crippen molar-refractivity contribution in [2.24, 2.45) is 0 Å². The van der Waals surface area contributed by atoms with Crippen LogP contribution < -0.4 is 10.2 Å². The van der Waals surface area contributed by atoms with Crippen molar-refractivity contribution in [1.82, 2.24) is 14.9 Å². The van der Waals surface area contributed by atoms with Crippen LogP contribution in [0.15, 0.2) is 48.5 Å². The second kappa shape index (κ2) is 10.3. The number of anilines is 2. The van der Waals surface area contributed by atoms with E-state index in [1.54, 1.807) is 0 Å². The SMILES string of the molecule is CC(C)c1cccc(C(C)C)c1NC(=O)N1CCc2nc(-c3ccccc3)nc(N3CCCC3)c2C1. The predicted octanol–water partition coefficient (Wildman–Crippen LogP) is 6.58. The Bertz CT molecular complexity index is 1210. The van der Waals surface area contributed by atoms with E-state index in [2.05, 4.69) is 68.2 Å². The molecule has 0 atom stereocenters. The molecule has 36 heavy (non-hydrogen) atoms. The fourth-order valence-electron chi connectivity index (χ4n) is 5.36. The number of rotatable bonds is 5. The van der Waals surface area contributed by atoms with Crippen molar-refractivity contribution in [2.75, 3.05) is 29.9 Å². The van der Waals surface area contributed by atoms with Crippen LogP contribution in [0.25, 0.3) is 11.4 Å². The molecule has 6 heteroatoms. The topological polar surface area (TPSA) is 61.4 Å². The largest absolute Gasteiger partial charge is 0.356 e. The number of benzene rings is 2. The number of carbonyl (C=O) groups excluding carboxylic acids is 1. The summed E-state index contributed by atoms with van der Waals surface area (Å²) in [7, 11) is 0. The molecule has 0 radical (unpaired) electrons. The fourth-order valence-corrected chi connectivity index (χ4v) is 5.36. The maximum absolute atomic E-state index is 13.6. The standard InChI is InChI=1S/C30H37N5O/c1-20(2)23-13-10-14-24(21(3)4)27(23)32-30(36)35-18-15-26-25(19-35)29(34-16-8-9-17-34)33-28(31-26)22-11-6-5-7-12-22/h5-7,10-14,20-21H,8-9,15-19H2,1-4H3,(H,32,36). The number of urea groups is 1. The molecule has 3 heterocycles. The van der Waals surface area contributed by atoms with Crippen molar-refractivity contribution in [3.05, 3.63) is 70.9 Å². The molecule has 1 saturated heterocycles. The molecule has 2 aromatic carbocycles. The van der Waals surface area contributed by atoms with Crippen LogP contribution in [-0.4, -0.2) is 40.5 Å². The van der Waals surface area contributed by atoms with E-state index >= 15 is 0 Å². The van der Waals surface area contributed by atoms with Crippen LogP contribution in [0.5, 0.6) is 0 Å². The summed E-state index contributed by atoms with van der Waals surface area (Å²) in [6, 6.07) is 16.5. The molecule has 0 unspecified atom stereocenters. The third kappa shape index (κ3) is 4.81. The summed E-state index contributed by atoms with van der Waals surface area (Å²) in [4.78, 5) is 27.9. The lowest BCUT2D eigenvalue weighted by Crippen LogP contribution is -2.40. The lowest BCUT2D eigenvalue weighted by atomic mass is 9.92. The lowest BCUT2D eigenvalue weighted by molar-refractivity contribution is 0.206. The van der Waals surface area contributed by atoms with Crippen LogP contribution in [0, 0.1) is 0 Å². The summed E-state index contributed by atoms with van der Waals surface area (Å²) < 4.78 is 0. The first kappa shape index (κ1) is 24.3. The molecule has 1 aromatic heterocycles. The van der Waals surface area contributed by atoms with Crippen LogP contribution in [-0.2, 0) is 13.0 Å². The van der Waals surface area contributed by atoms with E-state index in [1.807, 2.05) is 23.1 Å². The van der Waals surface area contributed by atoms with E-state index in [1.165, 1.54) is 24.0 Å². The molecule has 2 amide bonds. The molecule has 5 rings (SSSR count). The summed E-state index contributed by atoms with van der Waals surface area (Å²) in [5.41, 5.74) is 6.53. The number of aromatic nitrogens is 2. The van der Waals surface area contributed by atoms with Crippen molar-refractivity contribution in [3.8, 4) is 11.4 Å². The Morgan fingerprint density at radius 2 is 1.53 bits per heavy atom. The van der Waals surface area contributed by atoms with Gasteiger partial charge in [0.1, 0.15) is 5.82 Å². The molecule has 6 nitrogen and oxygen atoms in total. The van der Waals surface area contributed by atoms with Gasteiger partial charge in [0.05, 0.1) is 12.2 Å². The first-order valence-corrected chi connectivity index (χ1v) is 13.3. The Hall–Kier alpha value is -3.41. The highest BCUT2D eigenvalue weighted by Gasteiger charge is 2.29. The second-order valence-corrected chi connectivity index (χ2v) is 10.6. The van der Waals surface area contributed by atoms with E-state index in [0.717, 1.165) is 53.7 Å². The van der Waals surface area contributed by atoms with E-state index in [4.69, 9.17) is 9.97 Å². The zero-order valence-corrected chi connectivity index (χ0v) is 21.9. The summed E-state index contributed by atoms with van der Waals surface area (Å²) in [5, 5.41) is 3.30. The molecular weight excluding hydrogens is 446 g/mol. The van der Waals surface area contributed by atoms with Gasteiger partial charge in [-0.3, -0.25) is 0 Å². The van der Waals surface area contributed by atoms with Crippen molar-refractivity contribution in [1.29, 1.82) is 0 Å². The number of amides is 2. The number of nitrogens with one attached hydrogen (secondary N) is 1. The van der Waals surface area contributed by atoms with Gasteiger partial charge in [-0.05, 0) is 35.8 Å². The van der Waals surface area contributed by atoms with Gasteiger partial charge < -0.3 is 15.1 Å². The first-order chi connectivity index (χ1) is 17.4. The number of fused-ring (bicyclic) bond motifs is 1. The monoisotopic (exact) mass is 483 g/mol. The average Bonchev–Trinajstić information content (AvgIpc) is 3.43. The molecule has 2 aliphatic rings. The van der Waals surface area contributed by atoms with E-state index in [-0.39, 0.29) is 6.03 Å². The highest BCUT2D eigenvalue weighted by atomic mass is 16.2. The summed E-state index contributed by atoms with van der Waals surface area (Å²) in [6.07, 6.45) is 3.08. The van der Waals surface area contributed by atoms with Gasteiger partial charge >= 0.3 is 6.03 Å². The van der Waals surface area contributed by atoms with Gasteiger partial charge in [0.15, 0.2) is 5.82 Å². The van der Waals surface area contributed by atoms with E-state index in [0.29, 0.717) is 24.9 Å². The number of nitrogens with zero attached hydrogens (tertiary/aromatic N) is 4. The van der Waals surface area contributed by atoms with Crippen molar-refractivity contribution < 1.29 is 4.79 Å². The highest BCUT2D eigenvalue weighted by molar-refractivity contribution is 5.91. The molecule has 1 fully saturated rings. The van der Waals surface area contributed by atoms with Crippen molar-refractivity contribution in [3.63, 3.8) is 0 Å². The Balaban J connectivity index is 1.46. The number of para-hydroxylation sites is 1. The Kier molecular flexibility index (Phi) is 6.95. The fraction of sp³-hybridized carbons (Fsp3) is 0.433. The second-order valence-electron chi connectivity index (χ2n) is 10.6. The maximum Gasteiger partial charge on any atom is 0.322 e. The van der Waals surface area contributed by atoms with E-state index < -0.39 is 0 Å². The third-order valence-corrected chi connectivity index (χ3v) is 7.37. The lowest BCUT2D eigenvalue weighted by Gasteiger charge is -2.32. The third-order valence-electron chi connectivity index (χ3n) is 7.37. The van der Waals surface area contributed by atoms with Crippen molar-refractivity contribution >= 4 is 17.5 Å². The van der Waals surface area contributed by atoms with E-state index in [9.17, 15) is 4.79 Å². The van der Waals surface area contributed by atoms with Crippen LogP contribution in [0.4, 0.5) is 16.3 Å². The smallest absolute Gasteiger partial charge is 0.322 e. The van der Waals surface area contributed by atoms with Crippen LogP contribution in [0.2, 0.25) is 0 Å². The zero-order valence-electron chi connectivity index (χ0n) is 21.9. The number of hydrogen-bond acceptors (Lipinski definition) is 4. The minimum absolute atomic E-state index is 0.0462. The Morgan fingerprint density at radius 3 is 2.17 bits per heavy atom. The summed E-state index contributed by atoms with van der Waals surface area (Å²) in [6.45, 7) is 11.9. The molecule has 0 bridgehead atoms. The highest BCUT2D eigenvalue weighted by Crippen LogP contribution is 2.34. The molecular formula is C30H37N5O. The predicted molar refractivity (Wildman–Crippen MR) is 147 cm³/mol. The summed E-state index contributed by atoms with van der Waals surface area (Å²) >= 11 is 0. The van der Waals surface area contributed by atoms with Crippen molar-refractivity contribution in [2.45, 2.75) is 65.3 Å². The van der Waals surface area contributed by atoms with Crippen LogP contribution in [0.3, 0.4) is 0 Å².